The quantitative estimate of drug-likeness (QED) is 0.0261. The van der Waals surface area contributed by atoms with E-state index in [0.717, 1.165) is 64.2 Å². The Bertz CT molecular complexity index is 1290. The lowest BCUT2D eigenvalue weighted by Gasteiger charge is -2.18. The van der Waals surface area contributed by atoms with Crippen LogP contribution in [0.15, 0.2) is 24.3 Å². The summed E-state index contributed by atoms with van der Waals surface area (Å²) in [6, 6.07) is 0. The summed E-state index contributed by atoms with van der Waals surface area (Å²) in [7, 11) is 0. The van der Waals surface area contributed by atoms with Crippen LogP contribution in [0, 0.1) is 0 Å². The zero-order valence-corrected chi connectivity index (χ0v) is 54.4. The molecule has 6 nitrogen and oxygen atoms in total. The van der Waals surface area contributed by atoms with Crippen LogP contribution in [0.25, 0.3) is 0 Å². The number of carbonyl (C=O) groups is 3. The fraction of sp³-hybridized carbons (Fsp3) is 0.905. The first-order valence-electron chi connectivity index (χ1n) is 36.3. The van der Waals surface area contributed by atoms with Crippen LogP contribution in [0.5, 0.6) is 0 Å². The molecule has 1 atom stereocenters. The molecule has 0 spiro atoms. The fourth-order valence-electron chi connectivity index (χ4n) is 11.2. The molecule has 0 heterocycles. The number of ether oxygens (including phenoxy) is 3. The van der Waals surface area contributed by atoms with Crippen molar-refractivity contribution in [3.63, 3.8) is 0 Å². The van der Waals surface area contributed by atoms with Crippen molar-refractivity contribution >= 4 is 17.9 Å². The summed E-state index contributed by atoms with van der Waals surface area (Å²) in [5.41, 5.74) is 0. The van der Waals surface area contributed by atoms with E-state index in [9.17, 15) is 14.4 Å². The summed E-state index contributed by atoms with van der Waals surface area (Å²) in [5, 5.41) is 0. The second kappa shape index (κ2) is 69.4. The molecule has 0 aromatic carbocycles. The minimum absolute atomic E-state index is 0.0708. The molecule has 0 aliphatic rings. The molecule has 0 radical (unpaired) electrons. The highest BCUT2D eigenvalue weighted by Gasteiger charge is 2.19. The Morgan fingerprint density at radius 3 is 0.662 bits per heavy atom. The van der Waals surface area contributed by atoms with Gasteiger partial charge in [0.15, 0.2) is 6.10 Å². The van der Waals surface area contributed by atoms with E-state index in [-0.39, 0.29) is 31.1 Å². The molecule has 6 heteroatoms. The molecule has 0 aromatic rings. The van der Waals surface area contributed by atoms with Crippen LogP contribution < -0.4 is 0 Å². The van der Waals surface area contributed by atoms with Crippen molar-refractivity contribution < 1.29 is 28.6 Å². The third-order valence-electron chi connectivity index (χ3n) is 16.7. The summed E-state index contributed by atoms with van der Waals surface area (Å²) >= 11 is 0. The maximum Gasteiger partial charge on any atom is 0.306 e. The summed E-state index contributed by atoms with van der Waals surface area (Å²) in [6.45, 7) is 6.66. The second-order valence-electron chi connectivity index (χ2n) is 24.9. The van der Waals surface area contributed by atoms with Crippen LogP contribution in [-0.2, 0) is 28.6 Å². The Labute approximate surface area is 500 Å². The Morgan fingerprint density at radius 1 is 0.237 bits per heavy atom. The summed E-state index contributed by atoms with van der Waals surface area (Å²) < 4.78 is 16.9. The van der Waals surface area contributed by atoms with Crippen molar-refractivity contribution in [3.8, 4) is 0 Å². The molecule has 472 valence electrons. The molecule has 0 N–H and O–H groups in total. The minimum Gasteiger partial charge on any atom is -0.462 e. The Morgan fingerprint density at radius 2 is 0.425 bits per heavy atom. The standard InChI is InChI=1S/C74H140O6/c1-4-7-10-13-16-19-22-24-26-28-29-30-31-32-33-34-35-36-37-38-39-40-41-42-43-44-46-47-49-52-55-58-61-64-67-73(76)79-70-71(69-78-72(75)66-63-60-57-54-51-21-18-15-12-9-6-3)80-74(77)68-65-62-59-56-53-50-48-45-27-25-23-20-17-14-11-8-5-2/h15,18,25,27,71H,4-14,16-17,19-24,26,28-70H2,1-3H3/b18-15-,27-25-. The normalized spacial score (nSPS) is 12.1. The van der Waals surface area contributed by atoms with Gasteiger partial charge in [0.25, 0.3) is 0 Å². The van der Waals surface area contributed by atoms with E-state index in [1.807, 2.05) is 0 Å². The number of carbonyl (C=O) groups excluding carboxylic acids is 3. The molecule has 0 aliphatic heterocycles. The molecule has 0 aliphatic carbocycles. The minimum atomic E-state index is -0.774. The highest BCUT2D eigenvalue weighted by atomic mass is 16.6. The van der Waals surface area contributed by atoms with Gasteiger partial charge >= 0.3 is 17.9 Å². The number of rotatable bonds is 68. The van der Waals surface area contributed by atoms with Gasteiger partial charge in [-0.2, -0.15) is 0 Å². The molecule has 0 bridgehead atoms. The van der Waals surface area contributed by atoms with E-state index in [4.69, 9.17) is 14.2 Å². The molecular weight excluding hydrogens is 985 g/mol. The molecule has 0 rings (SSSR count). The zero-order chi connectivity index (χ0) is 57.8. The summed E-state index contributed by atoms with van der Waals surface area (Å²) in [6.07, 6.45) is 85.3. The first kappa shape index (κ1) is 77.9. The van der Waals surface area contributed by atoms with E-state index in [1.165, 1.54) is 308 Å². The second-order valence-corrected chi connectivity index (χ2v) is 24.9. The van der Waals surface area contributed by atoms with Gasteiger partial charge in [-0.3, -0.25) is 14.4 Å². The van der Waals surface area contributed by atoms with Crippen LogP contribution in [-0.4, -0.2) is 37.2 Å². The Kier molecular flexibility index (Phi) is 67.6. The molecule has 0 aromatic heterocycles. The summed E-state index contributed by atoms with van der Waals surface area (Å²) in [5.74, 6) is -0.859. The van der Waals surface area contributed by atoms with Gasteiger partial charge in [0.1, 0.15) is 13.2 Å². The zero-order valence-electron chi connectivity index (χ0n) is 54.4. The lowest BCUT2D eigenvalue weighted by atomic mass is 10.0. The van der Waals surface area contributed by atoms with Crippen molar-refractivity contribution in [2.75, 3.05) is 13.2 Å². The average molecular weight is 1130 g/mol. The molecule has 1 unspecified atom stereocenters. The van der Waals surface area contributed by atoms with Crippen LogP contribution >= 0.6 is 0 Å². The van der Waals surface area contributed by atoms with E-state index < -0.39 is 6.10 Å². The van der Waals surface area contributed by atoms with Crippen molar-refractivity contribution in [3.05, 3.63) is 24.3 Å². The van der Waals surface area contributed by atoms with Crippen molar-refractivity contribution in [1.29, 1.82) is 0 Å². The first-order valence-corrected chi connectivity index (χ1v) is 36.3. The predicted molar refractivity (Wildman–Crippen MR) is 349 cm³/mol. The van der Waals surface area contributed by atoms with Crippen LogP contribution in [0.3, 0.4) is 0 Å². The van der Waals surface area contributed by atoms with Crippen molar-refractivity contribution in [1.82, 2.24) is 0 Å². The summed E-state index contributed by atoms with van der Waals surface area (Å²) in [4.78, 5) is 38.3. The van der Waals surface area contributed by atoms with Crippen LogP contribution in [0.1, 0.15) is 412 Å². The Hall–Kier alpha value is -2.11. The van der Waals surface area contributed by atoms with E-state index in [1.54, 1.807) is 0 Å². The lowest BCUT2D eigenvalue weighted by molar-refractivity contribution is -0.167. The lowest BCUT2D eigenvalue weighted by Crippen LogP contribution is -2.30. The largest absolute Gasteiger partial charge is 0.462 e. The van der Waals surface area contributed by atoms with Crippen LogP contribution in [0.4, 0.5) is 0 Å². The van der Waals surface area contributed by atoms with Crippen molar-refractivity contribution in [2.45, 2.75) is 419 Å². The van der Waals surface area contributed by atoms with Gasteiger partial charge < -0.3 is 14.2 Å². The third kappa shape index (κ3) is 66.7. The highest BCUT2D eigenvalue weighted by Crippen LogP contribution is 2.19. The average Bonchev–Trinajstić information content (AvgIpc) is 3.46. The monoisotopic (exact) mass is 1130 g/mol. The van der Waals surface area contributed by atoms with Crippen LogP contribution in [0.2, 0.25) is 0 Å². The number of allylic oxidation sites excluding steroid dienone is 4. The molecule has 0 saturated carbocycles. The maximum atomic E-state index is 12.9. The van der Waals surface area contributed by atoms with Gasteiger partial charge in [-0.25, -0.2) is 0 Å². The van der Waals surface area contributed by atoms with Gasteiger partial charge in [-0.05, 0) is 64.2 Å². The van der Waals surface area contributed by atoms with E-state index >= 15 is 0 Å². The molecule has 0 fully saturated rings. The number of hydrogen-bond acceptors (Lipinski definition) is 6. The smallest absolute Gasteiger partial charge is 0.306 e. The van der Waals surface area contributed by atoms with Gasteiger partial charge in [0.2, 0.25) is 0 Å². The first-order chi connectivity index (χ1) is 39.5. The topological polar surface area (TPSA) is 78.9 Å². The molecular formula is C74H140O6. The molecule has 80 heavy (non-hydrogen) atoms. The van der Waals surface area contributed by atoms with Gasteiger partial charge in [-0.15, -0.1) is 0 Å². The number of esters is 3. The van der Waals surface area contributed by atoms with Gasteiger partial charge in [0.05, 0.1) is 0 Å². The van der Waals surface area contributed by atoms with E-state index in [2.05, 4.69) is 45.1 Å². The number of hydrogen-bond donors (Lipinski definition) is 0. The third-order valence-corrected chi connectivity index (χ3v) is 16.7. The highest BCUT2D eigenvalue weighted by molar-refractivity contribution is 5.71. The fourth-order valence-corrected chi connectivity index (χ4v) is 11.2. The SMILES string of the molecule is CCCC/C=C\CCCCCCCC(=O)OCC(COC(=O)CCCCCCCCCCCCCCCCCCCCCCCCCCCCCCCCCCCC)OC(=O)CCCCCCCCC/C=C\CCCCCCCC. The molecule has 0 saturated heterocycles. The maximum absolute atomic E-state index is 12.9. The Balaban J connectivity index is 4.03. The van der Waals surface area contributed by atoms with Gasteiger partial charge in [0, 0.05) is 19.3 Å². The molecule has 0 amide bonds. The number of unbranched alkanes of at least 4 members (excludes halogenated alkanes) is 53. The van der Waals surface area contributed by atoms with Gasteiger partial charge in [-0.1, -0.05) is 353 Å². The predicted octanol–water partition coefficient (Wildman–Crippen LogP) is 25.0. The van der Waals surface area contributed by atoms with E-state index in [0.29, 0.717) is 19.3 Å². The van der Waals surface area contributed by atoms with Crippen molar-refractivity contribution in [2.24, 2.45) is 0 Å².